The molecule has 2 atom stereocenters. The largest absolute Gasteiger partial charge is 0.493 e. The van der Waals surface area contributed by atoms with Gasteiger partial charge in [-0.3, -0.25) is 22.8 Å². The monoisotopic (exact) mass is 820 g/mol. The number of rotatable bonds is 5. The molecule has 8 heterocycles. The number of hydrogen-bond acceptors (Lipinski definition) is 10. The number of halogens is 3. The van der Waals surface area contributed by atoms with Gasteiger partial charge < -0.3 is 14.5 Å². The quantitative estimate of drug-likeness (QED) is 0.222. The van der Waals surface area contributed by atoms with Gasteiger partial charge in [0.05, 0.1) is 71.0 Å². The minimum absolute atomic E-state index is 0.0158. The summed E-state index contributed by atoms with van der Waals surface area (Å²) >= 11 is 0. The van der Waals surface area contributed by atoms with Crippen molar-refractivity contribution in [2.45, 2.75) is 24.9 Å². The fourth-order valence-corrected chi connectivity index (χ4v) is 8.71. The van der Waals surface area contributed by atoms with Crippen LogP contribution >= 0.6 is 0 Å². The van der Waals surface area contributed by atoms with Gasteiger partial charge in [-0.25, -0.2) is 42.7 Å². The molecule has 0 fully saturated rings. The zero-order valence-electron chi connectivity index (χ0n) is 31.4. The number of para-hydroxylation sites is 4. The number of aromatic amines is 1. The molecule has 16 nitrogen and oxygen atoms in total. The molecule has 0 radical (unpaired) electrons. The first-order valence-electron chi connectivity index (χ1n) is 19.2. The molecule has 0 amide bonds. The van der Waals surface area contributed by atoms with E-state index in [4.69, 9.17) is 19.4 Å². The highest BCUT2D eigenvalue weighted by molar-refractivity contribution is 5.80. The van der Waals surface area contributed by atoms with E-state index in [1.807, 2.05) is 48.5 Å². The van der Waals surface area contributed by atoms with E-state index in [0.29, 0.717) is 16.6 Å². The lowest BCUT2D eigenvalue weighted by atomic mass is 9.98. The van der Waals surface area contributed by atoms with Gasteiger partial charge in [0.2, 0.25) is 11.9 Å². The van der Waals surface area contributed by atoms with Crippen molar-refractivity contribution < 1.29 is 22.6 Å². The second-order valence-corrected chi connectivity index (χ2v) is 14.7. The fraction of sp³-hybridized carbons (Fsp3) is 0.143. The molecule has 6 aromatic heterocycles. The number of hydrogen-bond donors (Lipinski definition) is 1. The minimum Gasteiger partial charge on any atom is -0.493 e. The lowest BCUT2D eigenvalue weighted by Crippen LogP contribution is -2.32. The summed E-state index contributed by atoms with van der Waals surface area (Å²) in [5, 5.41) is 0. The Bertz CT molecular complexity index is 3590. The average Bonchev–Trinajstić information content (AvgIpc) is 4.05. The van der Waals surface area contributed by atoms with Crippen molar-refractivity contribution in [3.63, 3.8) is 0 Å². The molecule has 0 saturated heterocycles. The van der Waals surface area contributed by atoms with E-state index in [1.165, 1.54) is 38.2 Å². The standard InChI is InChI=1S/C42H27F3N12O4/c43-21-15-22-27(56-37-26(50-41(56)58)17-46-39(51-37)53-19-48-24-5-1-3-7-28(24)53)11-14-61-36(22)31(16-21)55-32-18-47-40(54-20-49-25-6-2-4-8-29(25)54)52-38(32)57(42(55)59)30-12-13-60-33-10-9-23(44)35(45)34(30)33/h1-10,15-20,27,30H,11-14H2,(H,50,58)/t27-,30-/m0/s1. The molecule has 0 spiro atoms. The van der Waals surface area contributed by atoms with Gasteiger partial charge in [-0.15, -0.1) is 0 Å². The van der Waals surface area contributed by atoms with Gasteiger partial charge in [-0.2, -0.15) is 9.97 Å². The molecule has 0 saturated carbocycles. The Kier molecular flexibility index (Phi) is 7.41. The topological polar surface area (TPSA) is 170 Å². The van der Waals surface area contributed by atoms with Crippen LogP contribution in [0.15, 0.2) is 107 Å². The molecule has 2 aliphatic rings. The number of H-pyrrole nitrogens is 1. The first kappa shape index (κ1) is 34.9. The van der Waals surface area contributed by atoms with Gasteiger partial charge in [0.15, 0.2) is 22.9 Å². The molecule has 10 aromatic rings. The van der Waals surface area contributed by atoms with Crippen LogP contribution in [0, 0.1) is 17.5 Å². The smallest absolute Gasteiger partial charge is 0.335 e. The molecular formula is C42H27F3N12O4. The highest BCUT2D eigenvalue weighted by Gasteiger charge is 2.36. The van der Waals surface area contributed by atoms with Crippen LogP contribution in [0.25, 0.3) is 62.0 Å². The number of ether oxygens (including phenoxy) is 2. The van der Waals surface area contributed by atoms with Crippen LogP contribution in [0.4, 0.5) is 13.2 Å². The third kappa shape index (κ3) is 5.12. The molecule has 61 heavy (non-hydrogen) atoms. The average molecular weight is 821 g/mol. The number of nitrogens with one attached hydrogen (secondary N) is 1. The summed E-state index contributed by atoms with van der Waals surface area (Å²) in [6.45, 7) is 0.146. The highest BCUT2D eigenvalue weighted by atomic mass is 19.2. The SMILES string of the molecule is O=c1[nH]c2cnc(-n3cnc4ccccc43)nc2n1[C@H]1CCOc2c1cc(F)cc2-n1c(=O)n([C@H]2CCOc3ccc(F)c(F)c32)c2nc(-n3cnc4ccccc43)ncc21. The minimum atomic E-state index is -1.17. The van der Waals surface area contributed by atoms with Crippen LogP contribution in [-0.2, 0) is 0 Å². The summed E-state index contributed by atoms with van der Waals surface area (Å²) in [5.41, 5.74) is 2.41. The summed E-state index contributed by atoms with van der Waals surface area (Å²) in [5.74, 6) is -2.44. The second kappa shape index (κ2) is 13.0. The van der Waals surface area contributed by atoms with Crippen molar-refractivity contribution >= 4 is 44.4 Å². The summed E-state index contributed by atoms with van der Waals surface area (Å²) < 4.78 is 66.1. The third-order valence-electron chi connectivity index (χ3n) is 11.4. The molecule has 0 aliphatic carbocycles. The van der Waals surface area contributed by atoms with Crippen molar-refractivity contribution in [2.24, 2.45) is 0 Å². The number of fused-ring (bicyclic) bond motifs is 6. The molecule has 300 valence electrons. The Hall–Kier alpha value is -8.09. The summed E-state index contributed by atoms with van der Waals surface area (Å²) in [6, 6.07) is 17.6. The number of imidazole rings is 4. The maximum atomic E-state index is 16.2. The van der Waals surface area contributed by atoms with Crippen molar-refractivity contribution in [3.8, 4) is 29.1 Å². The Morgan fingerprint density at radius 2 is 1.36 bits per heavy atom. The van der Waals surface area contributed by atoms with Crippen molar-refractivity contribution in [1.29, 1.82) is 0 Å². The molecule has 12 rings (SSSR count). The van der Waals surface area contributed by atoms with Crippen molar-refractivity contribution in [3.05, 3.63) is 147 Å². The molecular weight excluding hydrogens is 794 g/mol. The fourth-order valence-electron chi connectivity index (χ4n) is 8.71. The molecule has 0 unspecified atom stereocenters. The summed E-state index contributed by atoms with van der Waals surface area (Å²) in [4.78, 5) is 59.4. The summed E-state index contributed by atoms with van der Waals surface area (Å²) in [6.07, 6.45) is 6.35. The van der Waals surface area contributed by atoms with Crippen molar-refractivity contribution in [1.82, 2.24) is 57.7 Å². The molecule has 0 bridgehead atoms. The van der Waals surface area contributed by atoms with E-state index in [2.05, 4.69) is 24.9 Å². The zero-order valence-corrected chi connectivity index (χ0v) is 31.4. The van der Waals surface area contributed by atoms with E-state index < -0.39 is 40.9 Å². The number of benzene rings is 4. The lowest BCUT2D eigenvalue weighted by molar-refractivity contribution is 0.247. The highest BCUT2D eigenvalue weighted by Crippen LogP contribution is 2.42. The Morgan fingerprint density at radius 3 is 2.11 bits per heavy atom. The van der Waals surface area contributed by atoms with Gasteiger partial charge in [0.1, 0.15) is 41.0 Å². The molecule has 1 N–H and O–H groups in total. The van der Waals surface area contributed by atoms with E-state index in [0.717, 1.165) is 23.2 Å². The Balaban J connectivity index is 1.07. The maximum absolute atomic E-state index is 16.2. The van der Waals surface area contributed by atoms with E-state index >= 15 is 13.6 Å². The van der Waals surface area contributed by atoms with Crippen LogP contribution in [-0.4, -0.2) is 70.9 Å². The molecule has 2 aliphatic heterocycles. The number of nitrogens with zero attached hydrogens (tertiary/aromatic N) is 11. The lowest BCUT2D eigenvalue weighted by Gasteiger charge is -2.28. The normalized spacial score (nSPS) is 16.2. The van der Waals surface area contributed by atoms with E-state index in [1.54, 1.807) is 21.8 Å². The van der Waals surface area contributed by atoms with Crippen LogP contribution in [0.3, 0.4) is 0 Å². The van der Waals surface area contributed by atoms with Crippen LogP contribution in [0.2, 0.25) is 0 Å². The predicted molar refractivity (Wildman–Crippen MR) is 213 cm³/mol. The first-order chi connectivity index (χ1) is 29.8. The zero-order chi connectivity index (χ0) is 41.1. The predicted octanol–water partition coefficient (Wildman–Crippen LogP) is 5.85. The maximum Gasteiger partial charge on any atom is 0.335 e. The van der Waals surface area contributed by atoms with Gasteiger partial charge in [-0.1, -0.05) is 24.3 Å². The van der Waals surface area contributed by atoms with E-state index in [9.17, 15) is 9.18 Å². The van der Waals surface area contributed by atoms with Gasteiger partial charge in [-0.05, 0) is 42.5 Å². The third-order valence-corrected chi connectivity index (χ3v) is 11.4. The van der Waals surface area contributed by atoms with Gasteiger partial charge in [0, 0.05) is 24.5 Å². The molecule has 4 aromatic carbocycles. The van der Waals surface area contributed by atoms with Crippen LogP contribution in [0.5, 0.6) is 11.5 Å². The first-order valence-corrected chi connectivity index (χ1v) is 19.2. The Labute approximate surface area is 338 Å². The summed E-state index contributed by atoms with van der Waals surface area (Å²) in [7, 11) is 0. The second-order valence-electron chi connectivity index (χ2n) is 14.7. The van der Waals surface area contributed by atoms with E-state index in [-0.39, 0.29) is 83.1 Å². The van der Waals surface area contributed by atoms with Gasteiger partial charge in [0.25, 0.3) is 0 Å². The van der Waals surface area contributed by atoms with Crippen LogP contribution < -0.4 is 20.9 Å². The number of aromatic nitrogens is 12. The van der Waals surface area contributed by atoms with Gasteiger partial charge >= 0.3 is 11.4 Å². The van der Waals surface area contributed by atoms with Crippen molar-refractivity contribution in [2.75, 3.05) is 13.2 Å². The molecule has 19 heteroatoms. The van der Waals surface area contributed by atoms with Crippen LogP contribution in [0.1, 0.15) is 36.1 Å². The Morgan fingerprint density at radius 1 is 0.689 bits per heavy atom.